The molecule has 1 fully saturated rings. The van der Waals surface area contributed by atoms with Crippen molar-refractivity contribution in [3.05, 3.63) is 54.1 Å². The van der Waals surface area contributed by atoms with Crippen LogP contribution in [0.4, 0.5) is 17.6 Å². The Bertz CT molecular complexity index is 1010. The normalized spacial score (nSPS) is 14.6. The molecule has 0 spiro atoms. The molecule has 0 saturated carbocycles. The zero-order valence-corrected chi connectivity index (χ0v) is 18.6. The zero-order valence-electron chi connectivity index (χ0n) is 17.8. The van der Waals surface area contributed by atoms with E-state index in [1.54, 1.807) is 11.8 Å². The van der Waals surface area contributed by atoms with Gasteiger partial charge in [0.1, 0.15) is 5.82 Å². The number of aryl methyl sites for hydroxylation is 2. The van der Waals surface area contributed by atoms with Gasteiger partial charge in [0.15, 0.2) is 0 Å². The molecule has 0 aliphatic carbocycles. The average molecular weight is 438 g/mol. The number of rotatable bonds is 7. The van der Waals surface area contributed by atoms with Crippen LogP contribution in [-0.4, -0.2) is 69.3 Å². The van der Waals surface area contributed by atoms with E-state index in [0.717, 1.165) is 42.5 Å². The molecule has 162 valence electrons. The number of hydrogen-bond donors (Lipinski definition) is 2. The average Bonchev–Trinajstić information content (AvgIpc) is 2.76. The summed E-state index contributed by atoms with van der Waals surface area (Å²) in [5, 5.41) is 12.4. The number of aromatic nitrogens is 4. The van der Waals surface area contributed by atoms with E-state index in [-0.39, 0.29) is 6.61 Å². The monoisotopic (exact) mass is 437 g/mol. The maximum absolute atomic E-state index is 9.12. The van der Waals surface area contributed by atoms with Gasteiger partial charge in [0.25, 0.3) is 0 Å². The van der Waals surface area contributed by atoms with Crippen LogP contribution in [-0.2, 0) is 0 Å². The highest BCUT2D eigenvalue weighted by molar-refractivity contribution is 7.99. The minimum absolute atomic E-state index is 0.193. The minimum atomic E-state index is 0.193. The van der Waals surface area contributed by atoms with Crippen LogP contribution >= 0.6 is 11.8 Å². The lowest BCUT2D eigenvalue weighted by molar-refractivity contribution is 0.188. The Kier molecular flexibility index (Phi) is 6.96. The molecule has 0 bridgehead atoms. The summed E-state index contributed by atoms with van der Waals surface area (Å²) < 4.78 is 0. The van der Waals surface area contributed by atoms with E-state index < -0.39 is 0 Å². The topological polar surface area (TPSA) is 90.3 Å². The fourth-order valence-corrected chi connectivity index (χ4v) is 4.34. The molecular formula is C22H27N7OS. The van der Waals surface area contributed by atoms with Gasteiger partial charge >= 0.3 is 0 Å². The van der Waals surface area contributed by atoms with Gasteiger partial charge < -0.3 is 15.3 Å². The number of pyridine rings is 1. The lowest BCUT2D eigenvalue weighted by Crippen LogP contribution is -2.47. The number of nitrogens with one attached hydrogen (secondary N) is 1. The first-order valence-electron chi connectivity index (χ1n) is 10.4. The Hall–Kier alpha value is -2.75. The summed E-state index contributed by atoms with van der Waals surface area (Å²) in [6.07, 6.45) is 1.83. The largest absolute Gasteiger partial charge is 0.395 e. The van der Waals surface area contributed by atoms with Gasteiger partial charge in [-0.25, -0.2) is 0 Å². The van der Waals surface area contributed by atoms with Crippen molar-refractivity contribution >= 4 is 29.3 Å². The number of aliphatic hydroxyl groups is 1. The predicted octanol–water partition coefficient (Wildman–Crippen LogP) is 2.89. The van der Waals surface area contributed by atoms with Crippen LogP contribution in [0.3, 0.4) is 0 Å². The van der Waals surface area contributed by atoms with Gasteiger partial charge in [-0.15, -0.1) is 0 Å². The van der Waals surface area contributed by atoms with Crippen molar-refractivity contribution in [2.45, 2.75) is 23.6 Å². The molecule has 0 atom stereocenters. The molecule has 3 aromatic rings. The van der Waals surface area contributed by atoms with Crippen molar-refractivity contribution < 1.29 is 5.11 Å². The van der Waals surface area contributed by atoms with Crippen LogP contribution in [0.25, 0.3) is 0 Å². The molecule has 4 rings (SSSR count). The molecule has 2 aromatic heterocycles. The summed E-state index contributed by atoms with van der Waals surface area (Å²) in [5.74, 6) is 1.93. The number of piperazine rings is 1. The number of anilines is 3. The Morgan fingerprint density at radius 2 is 1.74 bits per heavy atom. The number of hydrogen-bond acceptors (Lipinski definition) is 9. The summed E-state index contributed by atoms with van der Waals surface area (Å²) in [6, 6.07) is 12.3. The molecule has 1 aromatic carbocycles. The van der Waals surface area contributed by atoms with Gasteiger partial charge in [-0.3, -0.25) is 9.88 Å². The van der Waals surface area contributed by atoms with Crippen LogP contribution in [0.5, 0.6) is 0 Å². The molecule has 1 aliphatic rings. The van der Waals surface area contributed by atoms with Gasteiger partial charge in [-0.05, 0) is 50.2 Å². The number of β-amino-alcohol motifs (C(OH)–C–C–N with tert-alkyl or cyclic N) is 1. The number of nitrogens with zero attached hydrogens (tertiary/aromatic N) is 6. The molecule has 8 nitrogen and oxygen atoms in total. The maximum Gasteiger partial charge on any atom is 0.232 e. The molecule has 1 aliphatic heterocycles. The maximum atomic E-state index is 9.12. The Morgan fingerprint density at radius 1 is 0.968 bits per heavy atom. The lowest BCUT2D eigenvalue weighted by Gasteiger charge is -2.34. The highest BCUT2D eigenvalue weighted by Crippen LogP contribution is 2.29. The van der Waals surface area contributed by atoms with Crippen LogP contribution in [0.2, 0.25) is 0 Å². The molecule has 31 heavy (non-hydrogen) atoms. The minimum Gasteiger partial charge on any atom is -0.395 e. The fraction of sp³-hybridized carbons (Fsp3) is 0.364. The van der Waals surface area contributed by atoms with Crippen molar-refractivity contribution in [2.24, 2.45) is 0 Å². The Balaban J connectivity index is 1.41. The first-order chi connectivity index (χ1) is 15.1. The van der Waals surface area contributed by atoms with Gasteiger partial charge in [-0.1, -0.05) is 11.8 Å². The second-order valence-corrected chi connectivity index (χ2v) is 8.59. The van der Waals surface area contributed by atoms with Crippen LogP contribution in [0.15, 0.2) is 52.4 Å². The van der Waals surface area contributed by atoms with Gasteiger partial charge in [0.2, 0.25) is 11.9 Å². The van der Waals surface area contributed by atoms with E-state index >= 15 is 0 Å². The second kappa shape index (κ2) is 10.0. The molecule has 1 saturated heterocycles. The van der Waals surface area contributed by atoms with Gasteiger partial charge in [-0.2, -0.15) is 15.0 Å². The van der Waals surface area contributed by atoms with Crippen LogP contribution < -0.4 is 10.2 Å². The third kappa shape index (κ3) is 5.90. The summed E-state index contributed by atoms with van der Waals surface area (Å²) in [7, 11) is 0. The van der Waals surface area contributed by atoms with Crippen molar-refractivity contribution in [3.63, 3.8) is 0 Å². The van der Waals surface area contributed by atoms with E-state index in [2.05, 4.69) is 53.3 Å². The molecule has 0 amide bonds. The van der Waals surface area contributed by atoms with E-state index in [1.165, 1.54) is 4.90 Å². The first-order valence-corrected chi connectivity index (χ1v) is 11.2. The standard InChI is InChI=1S/C22H27N7OS/c1-16-15-20(7-8-23-16)31-19-5-3-18(4-6-19)26-21-24-17(2)25-22(27-21)29-11-9-28(10-12-29)13-14-30/h3-8,15,30H,9-14H2,1-2H3,(H,24,25,26,27). The Morgan fingerprint density at radius 3 is 2.45 bits per heavy atom. The molecule has 3 heterocycles. The summed E-state index contributed by atoms with van der Waals surface area (Å²) in [6.45, 7) is 8.25. The Labute approximate surface area is 186 Å². The van der Waals surface area contributed by atoms with Crippen molar-refractivity contribution in [1.82, 2.24) is 24.8 Å². The highest BCUT2D eigenvalue weighted by atomic mass is 32.2. The fourth-order valence-electron chi connectivity index (χ4n) is 3.43. The molecule has 0 unspecified atom stereocenters. The summed E-state index contributed by atoms with van der Waals surface area (Å²) >= 11 is 1.71. The van der Waals surface area contributed by atoms with E-state index in [1.807, 2.05) is 38.2 Å². The molecule has 0 radical (unpaired) electrons. The smallest absolute Gasteiger partial charge is 0.232 e. The van der Waals surface area contributed by atoms with E-state index in [9.17, 15) is 0 Å². The summed E-state index contributed by atoms with van der Waals surface area (Å²) in [5.41, 5.74) is 1.94. The predicted molar refractivity (Wildman–Crippen MR) is 123 cm³/mol. The SMILES string of the molecule is Cc1cc(Sc2ccc(Nc3nc(C)nc(N4CCN(CCO)CC4)n3)cc2)ccn1. The quantitative estimate of drug-likeness (QED) is 0.579. The number of benzene rings is 1. The van der Waals surface area contributed by atoms with Crippen molar-refractivity contribution in [3.8, 4) is 0 Å². The third-order valence-corrected chi connectivity index (χ3v) is 6.02. The highest BCUT2D eigenvalue weighted by Gasteiger charge is 2.19. The van der Waals surface area contributed by atoms with E-state index in [4.69, 9.17) is 5.11 Å². The van der Waals surface area contributed by atoms with Crippen LogP contribution in [0, 0.1) is 13.8 Å². The molecular weight excluding hydrogens is 410 g/mol. The number of aliphatic hydroxyl groups excluding tert-OH is 1. The summed E-state index contributed by atoms with van der Waals surface area (Å²) in [4.78, 5) is 24.6. The zero-order chi connectivity index (χ0) is 21.6. The molecule has 9 heteroatoms. The first kappa shape index (κ1) is 21.5. The van der Waals surface area contributed by atoms with Crippen molar-refractivity contribution in [1.29, 1.82) is 0 Å². The molecule has 2 N–H and O–H groups in total. The van der Waals surface area contributed by atoms with Crippen LogP contribution in [0.1, 0.15) is 11.5 Å². The lowest BCUT2D eigenvalue weighted by atomic mass is 10.3. The van der Waals surface area contributed by atoms with Crippen molar-refractivity contribution in [2.75, 3.05) is 49.5 Å². The second-order valence-electron chi connectivity index (χ2n) is 7.44. The van der Waals surface area contributed by atoms with Gasteiger partial charge in [0, 0.05) is 60.1 Å². The van der Waals surface area contributed by atoms with Gasteiger partial charge in [0.05, 0.1) is 6.61 Å². The third-order valence-electron chi connectivity index (χ3n) is 5.02. The van der Waals surface area contributed by atoms with E-state index in [0.29, 0.717) is 24.3 Å².